The summed E-state index contributed by atoms with van der Waals surface area (Å²) in [6.07, 6.45) is 0. The Kier molecular flexibility index (Phi) is 5.37. The van der Waals surface area contributed by atoms with Gasteiger partial charge in [0.25, 0.3) is 0 Å². The van der Waals surface area contributed by atoms with Crippen molar-refractivity contribution >= 4 is 13.9 Å². The van der Waals surface area contributed by atoms with Gasteiger partial charge in [-0.1, -0.05) is 38.8 Å². The molecule has 0 radical (unpaired) electrons. The Bertz CT molecular complexity index is 450. The minimum absolute atomic E-state index is 0.105. The van der Waals surface area contributed by atoms with E-state index < -0.39 is 8.07 Å². The third kappa shape index (κ3) is 3.58. The first kappa shape index (κ1) is 14.7. The van der Waals surface area contributed by atoms with E-state index >= 15 is 0 Å². The second kappa shape index (κ2) is 6.56. The highest BCUT2D eigenvalue weighted by molar-refractivity contribution is 6.87. The molecule has 0 amide bonds. The summed E-state index contributed by atoms with van der Waals surface area (Å²) in [7, 11) is -1.36. The van der Waals surface area contributed by atoms with E-state index in [0.29, 0.717) is 0 Å². The summed E-state index contributed by atoms with van der Waals surface area (Å²) in [5.41, 5.74) is 5.33. The first-order chi connectivity index (χ1) is 8.56. The largest absolute Gasteiger partial charge is 0.295 e. The number of benzene rings is 1. The zero-order valence-electron chi connectivity index (χ0n) is 11.8. The Hall–Kier alpha value is -1.33. The van der Waals surface area contributed by atoms with Crippen molar-refractivity contribution in [1.82, 2.24) is 0 Å². The summed E-state index contributed by atoms with van der Waals surface area (Å²) in [4.78, 5) is 11.2. The molecule has 0 aliphatic rings. The SMILES string of the molecule is CC[Si](C#Cc1ccc(C(C)=O)cc1)(CC)CC. The normalized spacial score (nSPS) is 10.7. The van der Waals surface area contributed by atoms with Gasteiger partial charge in [0.1, 0.15) is 8.07 Å². The van der Waals surface area contributed by atoms with Crippen molar-refractivity contribution in [2.24, 2.45) is 0 Å². The van der Waals surface area contributed by atoms with Crippen molar-refractivity contribution in [2.75, 3.05) is 0 Å². The molecule has 0 saturated carbocycles. The molecule has 0 saturated heterocycles. The molecule has 1 nitrogen and oxygen atoms in total. The van der Waals surface area contributed by atoms with Crippen LogP contribution in [0.5, 0.6) is 0 Å². The number of hydrogen-bond acceptors (Lipinski definition) is 1. The van der Waals surface area contributed by atoms with Gasteiger partial charge >= 0.3 is 0 Å². The number of ketones is 1. The molecule has 0 heterocycles. The molecule has 0 bridgehead atoms. The van der Waals surface area contributed by atoms with Crippen molar-refractivity contribution in [3.8, 4) is 11.5 Å². The quantitative estimate of drug-likeness (QED) is 0.447. The minimum atomic E-state index is -1.36. The minimum Gasteiger partial charge on any atom is -0.295 e. The highest BCUT2D eigenvalue weighted by atomic mass is 28.3. The Morgan fingerprint density at radius 3 is 1.94 bits per heavy atom. The molecule has 0 aliphatic carbocycles. The van der Waals surface area contributed by atoms with Crippen LogP contribution in [0.1, 0.15) is 43.6 Å². The van der Waals surface area contributed by atoms with E-state index in [4.69, 9.17) is 0 Å². The second-order valence-electron chi connectivity index (χ2n) is 4.72. The van der Waals surface area contributed by atoms with Gasteiger partial charge in [-0.05, 0) is 37.2 Å². The smallest absolute Gasteiger partial charge is 0.159 e. The fraction of sp³-hybridized carbons (Fsp3) is 0.438. The van der Waals surface area contributed by atoms with Crippen molar-refractivity contribution < 1.29 is 4.79 Å². The van der Waals surface area contributed by atoms with E-state index in [1.807, 2.05) is 24.3 Å². The van der Waals surface area contributed by atoms with Crippen LogP contribution in [0.4, 0.5) is 0 Å². The van der Waals surface area contributed by atoms with Crippen LogP contribution < -0.4 is 0 Å². The van der Waals surface area contributed by atoms with E-state index in [2.05, 4.69) is 32.2 Å². The zero-order valence-corrected chi connectivity index (χ0v) is 12.8. The third-order valence-corrected chi connectivity index (χ3v) is 8.51. The summed E-state index contributed by atoms with van der Waals surface area (Å²) >= 11 is 0. The van der Waals surface area contributed by atoms with Crippen molar-refractivity contribution in [2.45, 2.75) is 45.8 Å². The van der Waals surface area contributed by atoms with Gasteiger partial charge in [0.2, 0.25) is 0 Å². The average Bonchev–Trinajstić information content (AvgIpc) is 2.41. The first-order valence-electron chi connectivity index (χ1n) is 6.71. The topological polar surface area (TPSA) is 17.1 Å². The van der Waals surface area contributed by atoms with Gasteiger partial charge in [-0.15, -0.1) is 5.54 Å². The van der Waals surface area contributed by atoms with E-state index in [1.165, 1.54) is 18.1 Å². The maximum absolute atomic E-state index is 11.2. The third-order valence-electron chi connectivity index (χ3n) is 3.79. The van der Waals surface area contributed by atoms with E-state index in [-0.39, 0.29) is 5.78 Å². The lowest BCUT2D eigenvalue weighted by Gasteiger charge is -2.19. The fourth-order valence-electron chi connectivity index (χ4n) is 2.01. The number of hydrogen-bond donors (Lipinski definition) is 0. The molecule has 1 rings (SSSR count). The molecule has 1 aromatic carbocycles. The van der Waals surface area contributed by atoms with Crippen LogP contribution in [-0.2, 0) is 0 Å². The predicted molar refractivity (Wildman–Crippen MR) is 80.5 cm³/mol. The monoisotopic (exact) mass is 258 g/mol. The Labute approximate surface area is 112 Å². The summed E-state index contributed by atoms with van der Waals surface area (Å²) < 4.78 is 0. The standard InChI is InChI=1S/C16H22OSi/c1-5-18(6-2,7-3)13-12-15-8-10-16(11-9-15)14(4)17/h8-11H,5-7H2,1-4H3. The number of Topliss-reactive ketones (excluding diaryl/α,β-unsaturated/α-hetero) is 1. The molecule has 0 aliphatic heterocycles. The summed E-state index contributed by atoms with van der Waals surface area (Å²) in [6.45, 7) is 8.36. The molecule has 0 atom stereocenters. The lowest BCUT2D eigenvalue weighted by Crippen LogP contribution is -2.29. The van der Waals surface area contributed by atoms with Crippen LogP contribution in [0.3, 0.4) is 0 Å². The molecule has 0 unspecified atom stereocenters. The van der Waals surface area contributed by atoms with Crippen LogP contribution in [0.15, 0.2) is 24.3 Å². The number of carbonyl (C=O) groups excluding carboxylic acids is 1. The van der Waals surface area contributed by atoms with Gasteiger partial charge in [-0.2, -0.15) is 0 Å². The number of carbonyl (C=O) groups is 1. The lowest BCUT2D eigenvalue weighted by molar-refractivity contribution is 0.101. The molecular formula is C16H22OSi. The van der Waals surface area contributed by atoms with Gasteiger partial charge in [0.15, 0.2) is 5.78 Å². The van der Waals surface area contributed by atoms with Crippen molar-refractivity contribution in [3.63, 3.8) is 0 Å². The van der Waals surface area contributed by atoms with Crippen molar-refractivity contribution in [1.29, 1.82) is 0 Å². The molecule has 96 valence electrons. The highest BCUT2D eigenvalue weighted by Gasteiger charge is 2.23. The molecule has 0 N–H and O–H groups in total. The van der Waals surface area contributed by atoms with Gasteiger partial charge in [0, 0.05) is 11.1 Å². The van der Waals surface area contributed by atoms with Gasteiger partial charge in [-0.25, -0.2) is 0 Å². The van der Waals surface area contributed by atoms with E-state index in [9.17, 15) is 4.79 Å². The molecule has 2 heteroatoms. The number of rotatable bonds is 4. The van der Waals surface area contributed by atoms with Gasteiger partial charge in [-0.3, -0.25) is 4.79 Å². The Morgan fingerprint density at radius 1 is 1.06 bits per heavy atom. The van der Waals surface area contributed by atoms with Crippen LogP contribution in [-0.4, -0.2) is 13.9 Å². The van der Waals surface area contributed by atoms with Crippen LogP contribution in [0, 0.1) is 11.5 Å². The fourth-order valence-corrected chi connectivity index (χ4v) is 4.45. The lowest BCUT2D eigenvalue weighted by atomic mass is 10.1. The van der Waals surface area contributed by atoms with E-state index in [1.54, 1.807) is 6.92 Å². The molecule has 1 aromatic rings. The molecule has 0 fully saturated rings. The second-order valence-corrected chi connectivity index (χ2v) is 9.66. The predicted octanol–water partition coefficient (Wildman–Crippen LogP) is 4.29. The molecule has 0 spiro atoms. The molecular weight excluding hydrogens is 236 g/mol. The molecule has 0 aromatic heterocycles. The highest BCUT2D eigenvalue weighted by Crippen LogP contribution is 2.19. The Morgan fingerprint density at radius 2 is 1.56 bits per heavy atom. The van der Waals surface area contributed by atoms with Crippen LogP contribution >= 0.6 is 0 Å². The average molecular weight is 258 g/mol. The Balaban J connectivity index is 2.94. The summed E-state index contributed by atoms with van der Waals surface area (Å²) in [5.74, 6) is 3.41. The van der Waals surface area contributed by atoms with Gasteiger partial charge in [0.05, 0.1) is 0 Å². The van der Waals surface area contributed by atoms with Gasteiger partial charge < -0.3 is 0 Å². The molecule has 18 heavy (non-hydrogen) atoms. The summed E-state index contributed by atoms with van der Waals surface area (Å²) in [5, 5.41) is 0. The maximum Gasteiger partial charge on any atom is 0.159 e. The van der Waals surface area contributed by atoms with E-state index in [0.717, 1.165) is 11.1 Å². The van der Waals surface area contributed by atoms with Crippen molar-refractivity contribution in [3.05, 3.63) is 35.4 Å². The first-order valence-corrected chi connectivity index (χ1v) is 9.33. The summed E-state index contributed by atoms with van der Waals surface area (Å²) in [6, 6.07) is 11.3. The maximum atomic E-state index is 11.2. The van der Waals surface area contributed by atoms with Crippen LogP contribution in [0.2, 0.25) is 18.1 Å². The zero-order chi connectivity index (χ0) is 13.6. The van der Waals surface area contributed by atoms with Crippen LogP contribution in [0.25, 0.3) is 0 Å².